The number of carboxylic acid groups (broad SMARTS) is 1. The number of methoxy groups -OCH3 is 1. The predicted octanol–water partition coefficient (Wildman–Crippen LogP) is 8.23. The number of ketones is 2. The maximum Gasteiger partial charge on any atom is 0.339 e. The van der Waals surface area contributed by atoms with Crippen molar-refractivity contribution in [1.82, 2.24) is 0 Å². The second-order valence-corrected chi connectivity index (χ2v) is 9.89. The lowest BCUT2D eigenvalue weighted by molar-refractivity contribution is 0.00383. The van der Waals surface area contributed by atoms with Gasteiger partial charge in [0.1, 0.15) is 11.3 Å². The molecule has 6 nitrogen and oxygen atoms in total. The first kappa shape index (κ1) is 33.4. The molecule has 0 saturated heterocycles. The molecule has 3 aromatic carbocycles. The van der Waals surface area contributed by atoms with Gasteiger partial charge in [-0.05, 0) is 37.3 Å². The number of para-hydroxylation sites is 1. The van der Waals surface area contributed by atoms with E-state index in [-0.39, 0.29) is 17.1 Å². The number of unbranched alkanes of at least 4 members (excludes halogenated alkanes) is 4. The van der Waals surface area contributed by atoms with Gasteiger partial charge in [-0.15, -0.1) is 0 Å². The summed E-state index contributed by atoms with van der Waals surface area (Å²) in [6.45, 7) is 6.79. The number of Topliss-reactive ketones (excluding diaryl/α,β-unsaturated/α-hetero) is 2. The zero-order valence-corrected chi connectivity index (χ0v) is 24.9. The molecule has 0 aliphatic carbocycles. The maximum absolute atomic E-state index is 13.1. The van der Waals surface area contributed by atoms with Crippen molar-refractivity contribution in [2.24, 2.45) is 0 Å². The molecule has 3 rings (SSSR count). The molecule has 0 spiro atoms. The van der Waals surface area contributed by atoms with Crippen LogP contribution in [-0.2, 0) is 11.2 Å². The zero-order chi connectivity index (χ0) is 30.1. The fraction of sp³-hybridized carbons (Fsp3) is 0.400. The molecule has 3 aromatic rings. The van der Waals surface area contributed by atoms with Crippen LogP contribution in [0.3, 0.4) is 0 Å². The quantitative estimate of drug-likeness (QED) is 0.108. The van der Waals surface area contributed by atoms with E-state index >= 15 is 0 Å². The summed E-state index contributed by atoms with van der Waals surface area (Å²) in [4.78, 5) is 37.3. The first-order valence-electron chi connectivity index (χ1n) is 14.6. The molecule has 6 heteroatoms. The van der Waals surface area contributed by atoms with Crippen molar-refractivity contribution in [2.45, 2.75) is 77.7 Å². The normalized spacial score (nSPS) is 10.8. The van der Waals surface area contributed by atoms with Gasteiger partial charge >= 0.3 is 5.97 Å². The summed E-state index contributed by atoms with van der Waals surface area (Å²) in [7, 11) is 1.44. The van der Waals surface area contributed by atoms with E-state index in [2.05, 4.69) is 6.92 Å². The van der Waals surface area contributed by atoms with Crippen molar-refractivity contribution in [2.75, 3.05) is 13.7 Å². The number of aromatic carboxylic acids is 1. The van der Waals surface area contributed by atoms with Crippen LogP contribution < -0.4 is 4.74 Å². The molecule has 0 saturated carbocycles. The van der Waals surface area contributed by atoms with E-state index < -0.39 is 11.6 Å². The molecule has 1 N–H and O–H groups in total. The number of rotatable bonds is 16. The van der Waals surface area contributed by atoms with Crippen LogP contribution in [0, 0.1) is 0 Å². The van der Waals surface area contributed by atoms with Gasteiger partial charge in [0.25, 0.3) is 0 Å². The van der Waals surface area contributed by atoms with Gasteiger partial charge in [0.2, 0.25) is 11.6 Å². The van der Waals surface area contributed by atoms with E-state index in [4.69, 9.17) is 14.6 Å². The number of carboxylic acids is 1. The molecule has 0 atom stereocenters. The number of benzene rings is 3. The highest BCUT2D eigenvalue weighted by atomic mass is 16.5. The Morgan fingerprint density at radius 2 is 1.27 bits per heavy atom. The molecule has 220 valence electrons. The molecule has 0 fully saturated rings. The molecular weight excluding hydrogens is 516 g/mol. The first-order chi connectivity index (χ1) is 19.9. The monoisotopic (exact) mass is 560 g/mol. The second-order valence-electron chi connectivity index (χ2n) is 9.89. The van der Waals surface area contributed by atoms with Crippen LogP contribution in [-0.4, -0.2) is 42.0 Å². The highest BCUT2D eigenvalue weighted by Crippen LogP contribution is 2.29. The zero-order valence-electron chi connectivity index (χ0n) is 24.9. The van der Waals surface area contributed by atoms with E-state index in [0.29, 0.717) is 29.9 Å². The summed E-state index contributed by atoms with van der Waals surface area (Å²) in [6, 6.07) is 23.0. The molecule has 0 amide bonds. The number of ether oxygens (including phenoxy) is 2. The van der Waals surface area contributed by atoms with Crippen LogP contribution in [0.1, 0.15) is 102 Å². The maximum atomic E-state index is 13.1. The van der Waals surface area contributed by atoms with Crippen LogP contribution in [0.2, 0.25) is 0 Å². The van der Waals surface area contributed by atoms with Gasteiger partial charge in [0.15, 0.2) is 5.60 Å². The Morgan fingerprint density at radius 1 is 0.707 bits per heavy atom. The Hall–Kier alpha value is -3.77. The number of hydrogen-bond donors (Lipinski definition) is 1. The Morgan fingerprint density at radius 3 is 1.73 bits per heavy atom. The van der Waals surface area contributed by atoms with Gasteiger partial charge in [-0.3, -0.25) is 9.59 Å². The van der Waals surface area contributed by atoms with Crippen LogP contribution in [0.4, 0.5) is 0 Å². The number of carbonyl (C=O) groups excluding carboxylic acids is 2. The minimum atomic E-state index is -1.46. The Bertz CT molecular complexity index is 1170. The van der Waals surface area contributed by atoms with E-state index in [1.165, 1.54) is 20.0 Å². The lowest BCUT2D eigenvalue weighted by Crippen LogP contribution is -2.48. The van der Waals surface area contributed by atoms with Crippen molar-refractivity contribution in [1.29, 1.82) is 0 Å². The van der Waals surface area contributed by atoms with Gasteiger partial charge in [0, 0.05) is 18.2 Å². The molecule has 0 bridgehead atoms. The Kier molecular flexibility index (Phi) is 14.5. The summed E-state index contributed by atoms with van der Waals surface area (Å²) in [5.41, 5.74) is 0.762. The minimum Gasteiger partial charge on any atom is -0.492 e. The molecule has 41 heavy (non-hydrogen) atoms. The molecule has 0 aromatic heterocycles. The minimum absolute atomic E-state index is 0.268. The van der Waals surface area contributed by atoms with Gasteiger partial charge in [0.05, 0.1) is 6.61 Å². The summed E-state index contributed by atoms with van der Waals surface area (Å²) < 4.78 is 11.3. The average molecular weight is 561 g/mol. The van der Waals surface area contributed by atoms with E-state index in [1.54, 1.807) is 60.7 Å². The van der Waals surface area contributed by atoms with Gasteiger partial charge in [-0.2, -0.15) is 0 Å². The molecule has 0 radical (unpaired) electrons. The molecule has 0 aliphatic rings. The highest BCUT2D eigenvalue weighted by Gasteiger charge is 2.46. The standard InChI is InChI=1S/C20H22O3.C15H22O3/c1-3-4-15-20(23-2,18(21)16-11-7-5-8-12-16)19(22)17-13-9-6-10-14-17;1-3-5-6-7-11-18-14-12(4-2)9-8-10-13(14)15(16)17/h5-14H,3-4,15H2,1-2H3;8-10H,3-7,11H2,1-2H3,(H,16,17). The third-order valence-electron chi connectivity index (χ3n) is 6.99. The van der Waals surface area contributed by atoms with Crippen molar-refractivity contribution in [3.05, 3.63) is 101 Å². The second kappa shape index (κ2) is 17.8. The number of aryl methyl sites for hydroxylation is 1. The fourth-order valence-electron chi connectivity index (χ4n) is 4.59. The fourth-order valence-corrected chi connectivity index (χ4v) is 4.59. The SMILES string of the molecule is CCCCC(OC)(C(=O)c1ccccc1)C(=O)c1ccccc1.CCCCCCOc1c(CC)cccc1C(=O)O. The van der Waals surface area contributed by atoms with Crippen LogP contribution in [0.25, 0.3) is 0 Å². The number of hydrogen-bond acceptors (Lipinski definition) is 5. The van der Waals surface area contributed by atoms with E-state index in [0.717, 1.165) is 37.7 Å². The Balaban J connectivity index is 0.000000296. The highest BCUT2D eigenvalue weighted by molar-refractivity contribution is 6.22. The van der Waals surface area contributed by atoms with Crippen LogP contribution >= 0.6 is 0 Å². The first-order valence-corrected chi connectivity index (χ1v) is 14.6. The Labute approximate surface area is 244 Å². The van der Waals surface area contributed by atoms with Crippen molar-refractivity contribution in [3.63, 3.8) is 0 Å². The van der Waals surface area contributed by atoms with Crippen molar-refractivity contribution >= 4 is 17.5 Å². The average Bonchev–Trinajstić information content (AvgIpc) is 3.02. The topological polar surface area (TPSA) is 89.9 Å². The summed E-state index contributed by atoms with van der Waals surface area (Å²) in [6.07, 6.45) is 7.28. The van der Waals surface area contributed by atoms with Crippen LogP contribution in [0.5, 0.6) is 5.75 Å². The predicted molar refractivity (Wildman–Crippen MR) is 163 cm³/mol. The molecule has 0 unspecified atom stereocenters. The van der Waals surface area contributed by atoms with Gasteiger partial charge < -0.3 is 14.6 Å². The van der Waals surface area contributed by atoms with Gasteiger partial charge in [-0.25, -0.2) is 4.79 Å². The van der Waals surface area contributed by atoms with Crippen molar-refractivity contribution in [3.8, 4) is 5.75 Å². The lowest BCUT2D eigenvalue weighted by atomic mass is 9.81. The third kappa shape index (κ3) is 9.39. The van der Waals surface area contributed by atoms with E-state index in [1.807, 2.05) is 32.0 Å². The van der Waals surface area contributed by atoms with Crippen LogP contribution in [0.15, 0.2) is 78.9 Å². The molecular formula is C35H44O6. The summed E-state index contributed by atoms with van der Waals surface area (Å²) >= 11 is 0. The third-order valence-corrected chi connectivity index (χ3v) is 6.99. The summed E-state index contributed by atoms with van der Waals surface area (Å²) in [5, 5.41) is 9.15. The smallest absolute Gasteiger partial charge is 0.339 e. The van der Waals surface area contributed by atoms with Gasteiger partial charge in [-0.1, -0.05) is 119 Å². The summed E-state index contributed by atoms with van der Waals surface area (Å²) in [5.74, 6) is -0.927. The molecule has 0 aliphatic heterocycles. The lowest BCUT2D eigenvalue weighted by Gasteiger charge is -2.29. The van der Waals surface area contributed by atoms with E-state index in [9.17, 15) is 14.4 Å². The van der Waals surface area contributed by atoms with Crippen molar-refractivity contribution < 1.29 is 29.0 Å². The largest absolute Gasteiger partial charge is 0.492 e. The molecule has 0 heterocycles. The number of carbonyl (C=O) groups is 3.